The summed E-state index contributed by atoms with van der Waals surface area (Å²) >= 11 is 12.7. The van der Waals surface area contributed by atoms with Gasteiger partial charge >= 0.3 is 6.18 Å². The predicted molar refractivity (Wildman–Crippen MR) is 146 cm³/mol. The largest absolute Gasteiger partial charge is 0.471 e. The molecule has 1 aliphatic heterocycles. The number of carbonyl (C=O) groups excluding carboxylic acids is 1. The van der Waals surface area contributed by atoms with Crippen molar-refractivity contribution in [1.29, 1.82) is 10.8 Å². The predicted octanol–water partition coefficient (Wildman–Crippen LogP) is 6.17. The van der Waals surface area contributed by atoms with E-state index in [1.54, 1.807) is 12.1 Å². The van der Waals surface area contributed by atoms with Gasteiger partial charge in [-0.25, -0.2) is 4.98 Å². The van der Waals surface area contributed by atoms with Gasteiger partial charge in [-0.1, -0.05) is 41.4 Å². The molecule has 8 nitrogen and oxygen atoms in total. The van der Waals surface area contributed by atoms with Gasteiger partial charge in [0.2, 0.25) is 17.9 Å². The number of hydrogen-bond donors (Lipinski definition) is 4. The maximum atomic E-state index is 11.1. The average molecular weight is 597 g/mol. The van der Waals surface area contributed by atoms with Crippen LogP contribution in [0, 0.1) is 10.8 Å². The lowest BCUT2D eigenvalue weighted by molar-refractivity contribution is -0.203. The lowest BCUT2D eigenvalue weighted by atomic mass is 9.92. The number of nitrogens with zero attached hydrogens (tertiary/aromatic N) is 1. The minimum Gasteiger partial charge on any atom is -0.471 e. The zero-order chi connectivity index (χ0) is 29.8. The molecule has 1 aliphatic rings. The van der Waals surface area contributed by atoms with Crippen LogP contribution in [0.15, 0.2) is 48.5 Å². The number of alkyl halides is 3. The number of nitrogens with two attached hydrogens (primary N) is 1. The van der Waals surface area contributed by atoms with Crippen molar-refractivity contribution in [3.63, 3.8) is 0 Å². The molecule has 0 fully saturated rings. The molecule has 0 spiro atoms. The van der Waals surface area contributed by atoms with E-state index >= 15 is 0 Å². The molecule has 0 bridgehead atoms. The number of nitrogens with one attached hydrogen (secondary N) is 2. The molecule has 4 rings (SSSR count). The molecule has 5 N–H and O–H groups in total. The monoisotopic (exact) mass is 596 g/mol. The number of aryl methyl sites for hydroxylation is 1. The van der Waals surface area contributed by atoms with Gasteiger partial charge in [-0.2, -0.15) is 13.2 Å². The van der Waals surface area contributed by atoms with E-state index < -0.39 is 18.2 Å². The summed E-state index contributed by atoms with van der Waals surface area (Å²) in [7, 11) is 0. The van der Waals surface area contributed by atoms with E-state index in [2.05, 4.69) is 25.6 Å². The molecule has 0 radical (unpaired) electrons. The number of aliphatic hydroxyl groups is 1. The maximum Gasteiger partial charge on any atom is 0.423 e. The Morgan fingerprint density at radius 3 is 2.35 bits per heavy atom. The number of carbonyl (C=O) groups is 1. The molecule has 2 aromatic carbocycles. The molecule has 1 amide bonds. The number of aliphatic hydroxyl groups excluding tert-OH is 1. The van der Waals surface area contributed by atoms with Crippen molar-refractivity contribution in [3.8, 4) is 28.3 Å². The molecule has 1 atom stereocenters. The number of primary amides is 1. The normalized spacial score (nSPS) is 14.5. The first-order valence-electron chi connectivity index (χ1n) is 11.7. The van der Waals surface area contributed by atoms with Crippen LogP contribution in [-0.4, -0.2) is 46.2 Å². The fourth-order valence-corrected chi connectivity index (χ4v) is 4.14. The number of benzene rings is 2. The van der Waals surface area contributed by atoms with Crippen LogP contribution in [-0.2, 0) is 16.0 Å². The highest BCUT2D eigenvalue weighted by Crippen LogP contribution is 2.41. The summed E-state index contributed by atoms with van der Waals surface area (Å²) in [6.45, 7) is 4.11. The molecule has 1 aromatic heterocycles. The maximum absolute atomic E-state index is 11.1. The Hall–Kier alpha value is -3.67. The quantitative estimate of drug-likeness (QED) is 0.206. The summed E-state index contributed by atoms with van der Waals surface area (Å²) in [5.41, 5.74) is 8.66. The Bertz CT molecular complexity index is 1430. The van der Waals surface area contributed by atoms with E-state index in [1.807, 2.05) is 30.3 Å². The molecule has 3 aromatic rings. The lowest BCUT2D eigenvalue weighted by Crippen LogP contribution is -2.40. The highest BCUT2D eigenvalue weighted by molar-refractivity contribution is 6.34. The third-order valence-electron chi connectivity index (χ3n) is 5.83. The summed E-state index contributed by atoms with van der Waals surface area (Å²) < 4.78 is 44.5. The van der Waals surface area contributed by atoms with Crippen LogP contribution in [0.3, 0.4) is 0 Å². The van der Waals surface area contributed by atoms with Crippen LogP contribution < -0.4 is 10.5 Å². The highest BCUT2D eigenvalue weighted by Gasteiger charge is 2.42. The number of halogens is 5. The van der Waals surface area contributed by atoms with Gasteiger partial charge in [-0.05, 0) is 62.6 Å². The molecule has 2 heterocycles. The van der Waals surface area contributed by atoms with Crippen molar-refractivity contribution in [2.24, 2.45) is 5.73 Å². The van der Waals surface area contributed by atoms with Crippen molar-refractivity contribution in [2.75, 3.05) is 0 Å². The average Bonchev–Trinajstić information content (AvgIpc) is 2.87. The Morgan fingerprint density at radius 1 is 1.18 bits per heavy atom. The molecule has 0 saturated heterocycles. The Labute approximate surface area is 237 Å². The molecule has 40 heavy (non-hydrogen) atoms. The van der Waals surface area contributed by atoms with Gasteiger partial charge in [0.25, 0.3) is 5.91 Å². The number of aromatic nitrogens is 1. The van der Waals surface area contributed by atoms with E-state index in [4.69, 9.17) is 53.6 Å². The first kappa shape index (κ1) is 30.9. The van der Waals surface area contributed by atoms with Crippen LogP contribution in [0.1, 0.15) is 31.4 Å². The SMILES string of the molecule is CC1(C)CCc2cc(-c3ccc(Cl)cc3)c(-c3ccc(C(=N)OC=N)cc3Cl)nc2O1.NC(=O)C(O)C(F)(F)F. The number of ether oxygens (including phenoxy) is 2. The lowest BCUT2D eigenvalue weighted by Gasteiger charge is -2.32. The number of fused-ring (bicyclic) bond motifs is 1. The van der Waals surface area contributed by atoms with Crippen molar-refractivity contribution in [3.05, 3.63) is 69.7 Å². The van der Waals surface area contributed by atoms with Crippen molar-refractivity contribution >= 4 is 41.4 Å². The second-order valence-electron chi connectivity index (χ2n) is 9.32. The zero-order valence-electron chi connectivity index (χ0n) is 21.3. The molecular formula is C27H25Cl2F3N4O4. The van der Waals surface area contributed by atoms with Crippen molar-refractivity contribution in [2.45, 2.75) is 44.6 Å². The summed E-state index contributed by atoms with van der Waals surface area (Å²) in [5, 5.41) is 23.9. The number of hydrogen-bond acceptors (Lipinski definition) is 7. The van der Waals surface area contributed by atoms with Crippen LogP contribution in [0.25, 0.3) is 22.4 Å². The summed E-state index contributed by atoms with van der Waals surface area (Å²) in [5.74, 6) is -1.32. The van der Waals surface area contributed by atoms with E-state index in [1.165, 1.54) is 0 Å². The second kappa shape index (κ2) is 12.2. The van der Waals surface area contributed by atoms with E-state index in [9.17, 15) is 18.0 Å². The summed E-state index contributed by atoms with van der Waals surface area (Å²) in [6.07, 6.45) is -5.48. The van der Waals surface area contributed by atoms with Gasteiger partial charge in [0.05, 0.1) is 10.7 Å². The minimum atomic E-state index is -4.94. The molecular weight excluding hydrogens is 572 g/mol. The zero-order valence-corrected chi connectivity index (χ0v) is 22.8. The van der Waals surface area contributed by atoms with Crippen LogP contribution in [0.5, 0.6) is 5.88 Å². The molecule has 212 valence electrons. The van der Waals surface area contributed by atoms with Gasteiger partial charge < -0.3 is 20.3 Å². The van der Waals surface area contributed by atoms with Crippen LogP contribution >= 0.6 is 23.2 Å². The summed E-state index contributed by atoms with van der Waals surface area (Å²) in [6, 6.07) is 14.9. The van der Waals surface area contributed by atoms with Gasteiger partial charge in [-0.15, -0.1) is 0 Å². The first-order chi connectivity index (χ1) is 18.6. The third kappa shape index (κ3) is 7.50. The second-order valence-corrected chi connectivity index (χ2v) is 10.2. The molecule has 1 unspecified atom stereocenters. The van der Waals surface area contributed by atoms with E-state index in [-0.39, 0.29) is 11.5 Å². The first-order valence-corrected chi connectivity index (χ1v) is 12.5. The fourth-order valence-electron chi connectivity index (χ4n) is 3.75. The van der Waals surface area contributed by atoms with Crippen molar-refractivity contribution < 1.29 is 32.5 Å². The highest BCUT2D eigenvalue weighted by atomic mass is 35.5. The Morgan fingerprint density at radius 2 is 1.82 bits per heavy atom. The number of pyridine rings is 1. The van der Waals surface area contributed by atoms with E-state index in [0.29, 0.717) is 39.1 Å². The minimum absolute atomic E-state index is 0.148. The Kier molecular flexibility index (Phi) is 9.44. The third-order valence-corrected chi connectivity index (χ3v) is 6.39. The topological polar surface area (TPSA) is 142 Å². The molecule has 13 heteroatoms. The van der Waals surface area contributed by atoms with Crippen molar-refractivity contribution in [1.82, 2.24) is 4.98 Å². The molecule has 0 aliphatic carbocycles. The molecule has 0 saturated carbocycles. The van der Waals surface area contributed by atoms with Crippen LogP contribution in [0.4, 0.5) is 13.2 Å². The smallest absolute Gasteiger partial charge is 0.423 e. The van der Waals surface area contributed by atoms with Gasteiger partial charge in [-0.3, -0.25) is 15.6 Å². The number of amides is 1. The van der Waals surface area contributed by atoms with E-state index in [0.717, 1.165) is 29.5 Å². The standard InChI is InChI=1S/C24H21Cl2N3O2.C3H4F3NO2/c1-24(2)10-9-16-11-19(14-3-6-17(25)7-4-14)21(29-23(16)31-24)18-8-5-15(12-20(18)26)22(28)30-13-27;4-3(5,6)1(8)2(7)9/h3-8,11-13,27-28H,9-10H2,1-2H3;1,8H,(H2,7,9). The van der Waals surface area contributed by atoms with Gasteiger partial charge in [0, 0.05) is 27.3 Å². The van der Waals surface area contributed by atoms with Crippen LogP contribution in [0.2, 0.25) is 10.0 Å². The van der Waals surface area contributed by atoms with Gasteiger partial charge in [0.15, 0.2) is 6.40 Å². The fraction of sp³-hybridized carbons (Fsp3) is 0.259. The number of rotatable bonds is 5. The summed E-state index contributed by atoms with van der Waals surface area (Å²) in [4.78, 5) is 14.5. The van der Waals surface area contributed by atoms with Gasteiger partial charge in [0.1, 0.15) is 5.60 Å². The Balaban J connectivity index is 0.000000424.